The molecule has 0 aliphatic carbocycles. The van der Waals surface area contributed by atoms with E-state index >= 15 is 0 Å². The second-order valence-electron chi connectivity index (χ2n) is 5.46. The Morgan fingerprint density at radius 3 is 2.56 bits per heavy atom. The van der Waals surface area contributed by atoms with Crippen molar-refractivity contribution in [2.45, 2.75) is 13.8 Å². The minimum atomic E-state index is -0.00867. The van der Waals surface area contributed by atoms with Gasteiger partial charge in [-0.05, 0) is 37.6 Å². The van der Waals surface area contributed by atoms with Crippen LogP contribution >= 0.6 is 11.3 Å². The van der Waals surface area contributed by atoms with Gasteiger partial charge in [0.25, 0.3) is 0 Å². The smallest absolute Gasteiger partial charge is 0.160 e. The lowest BCUT2D eigenvalue weighted by Gasteiger charge is -2.11. The van der Waals surface area contributed by atoms with Crippen LogP contribution in [0.2, 0.25) is 0 Å². The summed E-state index contributed by atoms with van der Waals surface area (Å²) in [7, 11) is 1.48. The fraction of sp³-hybridized carbons (Fsp3) is 0.167. The number of benzene rings is 1. The number of pyridine rings is 1. The molecule has 0 unspecified atom stereocenters. The largest absolute Gasteiger partial charge is 0.504 e. The molecule has 1 aromatic carbocycles. The number of hydrogen-bond acceptors (Lipinski definition) is 7. The molecule has 0 amide bonds. The first kappa shape index (κ1) is 16.7. The number of ether oxygens (including phenoxy) is 1. The molecule has 0 aliphatic heterocycles. The summed E-state index contributed by atoms with van der Waals surface area (Å²) in [6.07, 6.45) is 0. The third-order valence-corrected chi connectivity index (χ3v) is 4.88. The second kappa shape index (κ2) is 6.42. The van der Waals surface area contributed by atoms with Crippen molar-refractivity contribution in [3.8, 4) is 39.3 Å². The van der Waals surface area contributed by atoms with E-state index in [0.717, 1.165) is 15.6 Å². The van der Waals surface area contributed by atoms with E-state index in [1.807, 2.05) is 13.8 Å². The monoisotopic (exact) mass is 352 g/mol. The van der Waals surface area contributed by atoms with Gasteiger partial charge in [-0.3, -0.25) is 0 Å². The second-order valence-corrected chi connectivity index (χ2v) is 6.66. The van der Waals surface area contributed by atoms with E-state index < -0.39 is 0 Å². The third-order valence-electron chi connectivity index (χ3n) is 3.79. The maximum atomic E-state index is 10.1. The minimum absolute atomic E-state index is 0.00867. The molecule has 0 saturated heterocycles. The Morgan fingerprint density at radius 2 is 2.00 bits per heavy atom. The molecular formula is C18H16N4O2S. The molecule has 126 valence electrons. The Morgan fingerprint density at radius 1 is 1.24 bits per heavy atom. The molecule has 2 heterocycles. The highest BCUT2D eigenvalue weighted by molar-refractivity contribution is 7.15. The Labute approximate surface area is 149 Å². The number of nitriles is 1. The molecule has 3 aromatic rings. The van der Waals surface area contributed by atoms with Gasteiger partial charge in [0.1, 0.15) is 17.5 Å². The number of nitrogens with zero attached hydrogens (tertiary/aromatic N) is 3. The highest BCUT2D eigenvalue weighted by Crippen LogP contribution is 2.37. The van der Waals surface area contributed by atoms with Crippen LogP contribution in [0.5, 0.6) is 11.5 Å². The number of phenolic OH excluding ortho intramolecular Hbond substituents is 1. The minimum Gasteiger partial charge on any atom is -0.504 e. The Kier molecular flexibility index (Phi) is 4.30. The maximum Gasteiger partial charge on any atom is 0.160 e. The van der Waals surface area contributed by atoms with Gasteiger partial charge in [0.2, 0.25) is 0 Å². The molecule has 0 radical (unpaired) electrons. The van der Waals surface area contributed by atoms with Crippen molar-refractivity contribution in [1.82, 2.24) is 9.97 Å². The number of nitrogens with two attached hydrogens (primary N) is 1. The summed E-state index contributed by atoms with van der Waals surface area (Å²) in [5.74, 6) is 0.500. The van der Waals surface area contributed by atoms with Gasteiger partial charge in [0, 0.05) is 5.56 Å². The van der Waals surface area contributed by atoms with E-state index in [9.17, 15) is 10.4 Å². The van der Waals surface area contributed by atoms with Crippen molar-refractivity contribution >= 4 is 17.2 Å². The number of rotatable bonds is 3. The molecule has 0 fully saturated rings. The molecule has 6 nitrogen and oxygen atoms in total. The average molecular weight is 352 g/mol. The van der Waals surface area contributed by atoms with Crippen LogP contribution in [0, 0.1) is 25.2 Å². The van der Waals surface area contributed by atoms with Gasteiger partial charge in [-0.2, -0.15) is 5.26 Å². The van der Waals surface area contributed by atoms with Crippen LogP contribution in [-0.2, 0) is 0 Å². The molecule has 7 heteroatoms. The van der Waals surface area contributed by atoms with Crippen molar-refractivity contribution < 1.29 is 9.84 Å². The molecule has 0 saturated carbocycles. The summed E-state index contributed by atoms with van der Waals surface area (Å²) >= 11 is 1.52. The molecule has 0 spiro atoms. The summed E-state index contributed by atoms with van der Waals surface area (Å²) in [4.78, 5) is 9.69. The quantitative estimate of drug-likeness (QED) is 0.745. The van der Waals surface area contributed by atoms with Crippen molar-refractivity contribution in [2.75, 3.05) is 12.8 Å². The van der Waals surface area contributed by atoms with Crippen molar-refractivity contribution in [3.63, 3.8) is 0 Å². The molecule has 25 heavy (non-hydrogen) atoms. The van der Waals surface area contributed by atoms with Crippen LogP contribution in [0.4, 0.5) is 5.82 Å². The number of methoxy groups -OCH3 is 1. The first-order valence-corrected chi connectivity index (χ1v) is 8.28. The summed E-state index contributed by atoms with van der Waals surface area (Å²) in [6.45, 7) is 3.84. The number of anilines is 1. The van der Waals surface area contributed by atoms with Crippen LogP contribution in [0.25, 0.3) is 21.7 Å². The first-order chi connectivity index (χ1) is 11.9. The fourth-order valence-corrected chi connectivity index (χ4v) is 3.53. The number of phenols is 1. The Hall–Kier alpha value is -3.11. The highest BCUT2D eigenvalue weighted by atomic mass is 32.1. The number of nitrogen functional groups attached to an aromatic ring is 1. The predicted octanol–water partition coefficient (Wildman–Crippen LogP) is 3.66. The lowest BCUT2D eigenvalue weighted by atomic mass is 9.99. The molecule has 0 atom stereocenters. The molecule has 3 rings (SSSR count). The molecular weight excluding hydrogens is 336 g/mol. The molecule has 3 N–H and O–H groups in total. The average Bonchev–Trinajstić information content (AvgIpc) is 2.92. The summed E-state index contributed by atoms with van der Waals surface area (Å²) in [6, 6.07) is 8.85. The standard InChI is InChI=1S/C18H16N4O2S/c1-9-17(25-10(2)21-9)14-7-12(13(8-19)18(20)22-14)11-4-5-16(24-3)15(23)6-11/h4-7,23H,1-3H3,(H2,20,22). The van der Waals surface area contributed by atoms with Gasteiger partial charge in [0.15, 0.2) is 11.5 Å². The fourth-order valence-electron chi connectivity index (χ4n) is 2.65. The third kappa shape index (κ3) is 2.99. The Balaban J connectivity index is 2.23. The number of hydrogen-bond donors (Lipinski definition) is 2. The van der Waals surface area contributed by atoms with E-state index in [4.69, 9.17) is 10.5 Å². The van der Waals surface area contributed by atoms with Gasteiger partial charge in [-0.1, -0.05) is 6.07 Å². The summed E-state index contributed by atoms with van der Waals surface area (Å²) in [5, 5.41) is 20.5. The van der Waals surface area contributed by atoms with Gasteiger partial charge < -0.3 is 15.6 Å². The zero-order chi connectivity index (χ0) is 18.1. The number of aromatic hydroxyl groups is 1. The lowest BCUT2D eigenvalue weighted by Crippen LogP contribution is -1.99. The van der Waals surface area contributed by atoms with Crippen molar-refractivity contribution in [1.29, 1.82) is 5.26 Å². The predicted molar refractivity (Wildman–Crippen MR) is 97.6 cm³/mol. The molecule has 0 aliphatic rings. The summed E-state index contributed by atoms with van der Waals surface area (Å²) in [5.41, 5.74) is 9.07. The zero-order valence-electron chi connectivity index (χ0n) is 14.0. The van der Waals surface area contributed by atoms with Crippen molar-refractivity contribution in [3.05, 3.63) is 40.5 Å². The van der Waals surface area contributed by atoms with Gasteiger partial charge in [-0.25, -0.2) is 9.97 Å². The number of aryl methyl sites for hydroxylation is 2. The number of aromatic nitrogens is 2. The van der Waals surface area contributed by atoms with Crippen LogP contribution in [-0.4, -0.2) is 22.2 Å². The molecule has 0 bridgehead atoms. The SMILES string of the molecule is COc1ccc(-c2cc(-c3sc(C)nc3C)nc(N)c2C#N)cc1O. The lowest BCUT2D eigenvalue weighted by molar-refractivity contribution is 0.373. The highest BCUT2D eigenvalue weighted by Gasteiger charge is 2.17. The van der Waals surface area contributed by atoms with Crippen molar-refractivity contribution in [2.24, 2.45) is 0 Å². The normalized spacial score (nSPS) is 10.5. The van der Waals surface area contributed by atoms with Gasteiger partial charge >= 0.3 is 0 Å². The maximum absolute atomic E-state index is 10.1. The topological polar surface area (TPSA) is 105 Å². The van der Waals surface area contributed by atoms with E-state index in [0.29, 0.717) is 22.6 Å². The van der Waals surface area contributed by atoms with E-state index in [1.54, 1.807) is 24.3 Å². The van der Waals surface area contributed by atoms with E-state index in [1.165, 1.54) is 18.4 Å². The van der Waals surface area contributed by atoms with Gasteiger partial charge in [-0.15, -0.1) is 11.3 Å². The van der Waals surface area contributed by atoms with E-state index in [2.05, 4.69) is 16.0 Å². The Bertz CT molecular complexity index is 1010. The molecule has 2 aromatic heterocycles. The number of thiazole rings is 1. The van der Waals surface area contributed by atoms with Crippen LogP contribution in [0.1, 0.15) is 16.3 Å². The summed E-state index contributed by atoms with van der Waals surface area (Å²) < 4.78 is 5.07. The first-order valence-electron chi connectivity index (χ1n) is 7.47. The van der Waals surface area contributed by atoms with Crippen LogP contribution in [0.3, 0.4) is 0 Å². The van der Waals surface area contributed by atoms with Crippen LogP contribution in [0.15, 0.2) is 24.3 Å². The van der Waals surface area contributed by atoms with E-state index in [-0.39, 0.29) is 17.1 Å². The van der Waals surface area contributed by atoms with Crippen LogP contribution < -0.4 is 10.5 Å². The zero-order valence-corrected chi connectivity index (χ0v) is 14.8. The van der Waals surface area contributed by atoms with Gasteiger partial charge in [0.05, 0.1) is 28.4 Å².